The minimum absolute atomic E-state index is 0.0601. The second-order valence-electron chi connectivity index (χ2n) is 15.6. The summed E-state index contributed by atoms with van der Waals surface area (Å²) in [4.78, 5) is 49.1. The lowest BCUT2D eigenvalue weighted by Crippen LogP contribution is -2.70. The van der Waals surface area contributed by atoms with Crippen LogP contribution in [0, 0.1) is 23.2 Å². The number of piperidine rings is 1. The van der Waals surface area contributed by atoms with Gasteiger partial charge in [-0.15, -0.1) is 0 Å². The number of amides is 2. The van der Waals surface area contributed by atoms with Gasteiger partial charge in [-0.3, -0.25) is 14.9 Å². The van der Waals surface area contributed by atoms with Crippen molar-refractivity contribution < 1.29 is 28.6 Å². The Labute approximate surface area is 290 Å². The predicted octanol–water partition coefficient (Wildman–Crippen LogP) is 5.58. The van der Waals surface area contributed by atoms with Crippen LogP contribution in [0.15, 0.2) is 47.7 Å². The molecule has 3 heterocycles. The first kappa shape index (κ1) is 35.9. The van der Waals surface area contributed by atoms with Crippen LogP contribution in [-0.2, 0) is 25.6 Å². The maximum atomic E-state index is 14.5. The molecule has 49 heavy (non-hydrogen) atoms. The molecular formula is C37H52N6O6. The molecule has 266 valence electrons. The summed E-state index contributed by atoms with van der Waals surface area (Å²) in [5.74, 6) is 1.12. The van der Waals surface area contributed by atoms with Crippen LogP contribution in [0.5, 0.6) is 5.75 Å². The summed E-state index contributed by atoms with van der Waals surface area (Å²) >= 11 is 0. The lowest BCUT2D eigenvalue weighted by Gasteiger charge is -2.59. The maximum absolute atomic E-state index is 14.5. The second-order valence-corrected chi connectivity index (χ2v) is 15.6. The number of nitrogens with one attached hydrogen (secondary N) is 1. The van der Waals surface area contributed by atoms with Crippen LogP contribution < -0.4 is 15.0 Å². The zero-order valence-electron chi connectivity index (χ0n) is 30.4. The molecule has 1 saturated carbocycles. The van der Waals surface area contributed by atoms with Gasteiger partial charge in [0.25, 0.3) is 0 Å². The largest absolute Gasteiger partial charge is 0.497 e. The highest BCUT2D eigenvalue weighted by atomic mass is 16.6. The summed E-state index contributed by atoms with van der Waals surface area (Å²) in [5, 5.41) is 9.23. The smallest absolute Gasteiger partial charge is 0.412 e. The van der Waals surface area contributed by atoms with Gasteiger partial charge in [-0.1, -0.05) is 12.1 Å². The Morgan fingerprint density at radius 3 is 2.41 bits per heavy atom. The number of benzene rings is 1. The maximum Gasteiger partial charge on any atom is 0.412 e. The molecule has 4 bridgehead atoms. The Hall–Kier alpha value is -4.35. The summed E-state index contributed by atoms with van der Waals surface area (Å²) in [6, 6.07) is 11.3. The first-order valence-corrected chi connectivity index (χ1v) is 17.1. The third-order valence-electron chi connectivity index (χ3n) is 9.70. The molecule has 5 rings (SSSR count). The van der Waals surface area contributed by atoms with E-state index in [9.17, 15) is 14.4 Å². The lowest BCUT2D eigenvalue weighted by molar-refractivity contribution is -0.154. The summed E-state index contributed by atoms with van der Waals surface area (Å²) in [6.45, 7) is 12.3. The van der Waals surface area contributed by atoms with Crippen LogP contribution in [-0.4, -0.2) is 90.6 Å². The van der Waals surface area contributed by atoms with Gasteiger partial charge in [0.15, 0.2) is 0 Å². The Morgan fingerprint density at radius 1 is 1.10 bits per heavy atom. The van der Waals surface area contributed by atoms with Crippen LogP contribution in [0.4, 0.5) is 16.3 Å². The minimum atomic E-state index is -0.672. The van der Waals surface area contributed by atoms with Gasteiger partial charge < -0.3 is 29.0 Å². The Morgan fingerprint density at radius 2 is 1.82 bits per heavy atom. The van der Waals surface area contributed by atoms with Crippen LogP contribution in [0.25, 0.3) is 0 Å². The number of likely N-dealkylation sites (tertiary alicyclic amines) is 1. The zero-order valence-corrected chi connectivity index (χ0v) is 30.4. The first-order chi connectivity index (χ1) is 23.0. The van der Waals surface area contributed by atoms with Gasteiger partial charge in [0.05, 0.1) is 42.6 Å². The van der Waals surface area contributed by atoms with Gasteiger partial charge >= 0.3 is 12.1 Å². The van der Waals surface area contributed by atoms with Crippen molar-refractivity contribution in [1.82, 2.24) is 14.9 Å². The van der Waals surface area contributed by atoms with Crippen LogP contribution in [0.2, 0.25) is 0 Å². The van der Waals surface area contributed by atoms with E-state index < -0.39 is 22.6 Å². The highest BCUT2D eigenvalue weighted by molar-refractivity contribution is 5.87. The number of methoxy groups -OCH3 is 1. The van der Waals surface area contributed by atoms with Crippen molar-refractivity contribution in [3.63, 3.8) is 0 Å². The van der Waals surface area contributed by atoms with Crippen LogP contribution in [0.1, 0.15) is 66.4 Å². The Bertz CT molecular complexity index is 1530. The molecule has 0 unspecified atom stereocenters. The molecule has 2 aromatic rings. The topological polar surface area (TPSA) is 126 Å². The Kier molecular flexibility index (Phi) is 10.2. The predicted molar refractivity (Wildman–Crippen MR) is 188 cm³/mol. The van der Waals surface area contributed by atoms with E-state index in [-0.39, 0.29) is 42.3 Å². The molecule has 3 fully saturated rings. The molecule has 2 amide bonds. The number of hydrogen-bond acceptors (Lipinski definition) is 10. The standard InChI is InChI=1S/C37H52N6O6/c1-35(2,3)33(45)48-19-17-37-29-16-18-42(30-15-12-26(22-38-30)40-34(46)49-36(4,5)6)31(37)25(21-39-41(7)8)20-28(29)32(44)43(37)23-24-10-13-27(47-9)14-11-24/h10-15,21-22,25,28-29,31H,16-20,23H2,1-9H3,(H,40,46)/b39-21+/t25-,28-,29+,31-,37-/m0/s1. The molecular weight excluding hydrogens is 624 g/mol. The number of esters is 1. The lowest BCUT2D eigenvalue weighted by atomic mass is 9.58. The zero-order chi connectivity index (χ0) is 35.7. The minimum Gasteiger partial charge on any atom is -0.497 e. The highest BCUT2D eigenvalue weighted by Crippen LogP contribution is 2.58. The molecule has 3 aliphatic rings. The molecule has 1 aromatic carbocycles. The molecule has 0 spiro atoms. The summed E-state index contributed by atoms with van der Waals surface area (Å²) in [5.41, 5.74) is -0.442. The number of nitrogens with zero attached hydrogens (tertiary/aromatic N) is 5. The van der Waals surface area contributed by atoms with Crippen molar-refractivity contribution in [3.05, 3.63) is 48.2 Å². The van der Waals surface area contributed by atoms with Crippen molar-refractivity contribution >= 4 is 35.7 Å². The van der Waals surface area contributed by atoms with Gasteiger partial charge in [0, 0.05) is 51.7 Å². The average molecular weight is 677 g/mol. The van der Waals surface area contributed by atoms with Crippen LogP contribution >= 0.6 is 0 Å². The highest BCUT2D eigenvalue weighted by Gasteiger charge is 2.69. The monoisotopic (exact) mass is 676 g/mol. The molecule has 1 aromatic heterocycles. The van der Waals surface area contributed by atoms with E-state index in [1.165, 1.54) is 0 Å². The average Bonchev–Trinajstić information content (AvgIpc) is 3.17. The van der Waals surface area contributed by atoms with E-state index in [4.69, 9.17) is 24.3 Å². The molecule has 5 atom stereocenters. The summed E-state index contributed by atoms with van der Waals surface area (Å²) < 4.78 is 16.7. The number of hydrazone groups is 1. The van der Waals surface area contributed by atoms with Gasteiger partial charge in [0.2, 0.25) is 5.91 Å². The molecule has 2 aliphatic heterocycles. The van der Waals surface area contributed by atoms with Crippen LogP contribution in [0.3, 0.4) is 0 Å². The van der Waals surface area contributed by atoms with E-state index in [2.05, 4.69) is 15.1 Å². The summed E-state index contributed by atoms with van der Waals surface area (Å²) in [7, 11) is 5.40. The number of pyridine rings is 1. The second kappa shape index (κ2) is 13.9. The van der Waals surface area contributed by atoms with Gasteiger partial charge in [-0.25, -0.2) is 9.78 Å². The molecule has 12 heteroatoms. The first-order valence-electron chi connectivity index (χ1n) is 17.1. The van der Waals surface area contributed by atoms with Gasteiger partial charge in [-0.05, 0) is 90.1 Å². The van der Waals surface area contributed by atoms with Crippen molar-refractivity contribution in [2.45, 2.75) is 84.5 Å². The van der Waals surface area contributed by atoms with Crippen molar-refractivity contribution in [2.75, 3.05) is 44.6 Å². The fraction of sp³-hybridized carbons (Fsp3) is 0.595. The molecule has 1 aliphatic carbocycles. The van der Waals surface area contributed by atoms with E-state index in [1.54, 1.807) is 18.3 Å². The number of aromatic nitrogens is 1. The number of ether oxygens (including phenoxy) is 3. The van der Waals surface area contributed by atoms with E-state index >= 15 is 0 Å². The van der Waals surface area contributed by atoms with Crippen molar-refractivity contribution in [2.24, 2.45) is 28.3 Å². The molecule has 2 saturated heterocycles. The number of carbonyl (C=O) groups is 3. The van der Waals surface area contributed by atoms with Gasteiger partial charge in [-0.2, -0.15) is 5.10 Å². The van der Waals surface area contributed by atoms with E-state index in [0.717, 1.165) is 23.6 Å². The van der Waals surface area contributed by atoms with Crippen molar-refractivity contribution in [3.8, 4) is 5.75 Å². The van der Waals surface area contributed by atoms with Gasteiger partial charge in [0.1, 0.15) is 17.2 Å². The third-order valence-corrected chi connectivity index (χ3v) is 9.70. The summed E-state index contributed by atoms with van der Waals surface area (Å²) in [6.07, 6.45) is 4.96. The quantitative estimate of drug-likeness (QED) is 0.195. The normalized spacial score (nSPS) is 25.0. The van der Waals surface area contributed by atoms with Crippen molar-refractivity contribution in [1.29, 1.82) is 0 Å². The van der Waals surface area contributed by atoms with E-state index in [1.807, 2.05) is 98.3 Å². The van der Waals surface area contributed by atoms with E-state index in [0.29, 0.717) is 31.6 Å². The number of carbonyl (C=O) groups excluding carboxylic acids is 3. The number of hydrogen-bond donors (Lipinski definition) is 1. The molecule has 12 nitrogen and oxygen atoms in total. The molecule has 0 radical (unpaired) electrons. The number of rotatable bonds is 10. The number of anilines is 2. The molecule has 1 N–H and O–H groups in total. The fourth-order valence-electron chi connectivity index (χ4n) is 7.73. The fourth-order valence-corrected chi connectivity index (χ4v) is 7.73. The Balaban J connectivity index is 1.56. The third kappa shape index (κ3) is 7.63. The SMILES string of the molecule is COc1ccc(CN2C(=O)[C@H]3C[C@@H](/C=N/N(C)C)[C@@H]4N(c5ccc(NC(=O)OC(C)(C)C)cn5)CC[C@H]3[C@@]42CCOC(=O)C(C)(C)C)cc1.